The number of benzene rings is 1. The Morgan fingerprint density at radius 1 is 1.61 bits per heavy atom. The van der Waals surface area contributed by atoms with E-state index in [2.05, 4.69) is 4.90 Å². The zero-order valence-electron chi connectivity index (χ0n) is 10.1. The van der Waals surface area contributed by atoms with Crippen molar-refractivity contribution in [2.24, 2.45) is 11.7 Å². The van der Waals surface area contributed by atoms with E-state index in [1.165, 1.54) is 0 Å². The Morgan fingerprint density at radius 2 is 2.39 bits per heavy atom. The van der Waals surface area contributed by atoms with Crippen molar-refractivity contribution < 1.29 is 9.90 Å². The van der Waals surface area contributed by atoms with E-state index in [0.717, 1.165) is 12.1 Å². The maximum Gasteiger partial charge on any atom is 0.307 e. The molecule has 0 aliphatic carbocycles. The predicted molar refractivity (Wildman–Crippen MR) is 70.6 cm³/mol. The average Bonchev–Trinajstić information content (AvgIpc) is 2.80. The zero-order valence-corrected chi connectivity index (χ0v) is 10.8. The molecule has 0 aromatic heterocycles. The van der Waals surface area contributed by atoms with Gasteiger partial charge >= 0.3 is 5.97 Å². The Kier molecular flexibility index (Phi) is 4.22. The molecule has 0 saturated carbocycles. The number of hydrogen-bond donors (Lipinski definition) is 2. The number of aliphatic carboxylic acids is 1. The predicted octanol–water partition coefficient (Wildman–Crippen LogP) is 1.75. The molecule has 0 radical (unpaired) electrons. The number of carboxylic acids is 1. The van der Waals surface area contributed by atoms with Crippen LogP contribution in [0.5, 0.6) is 0 Å². The molecule has 1 fully saturated rings. The number of nitrogens with zero attached hydrogens (tertiary/aromatic N) is 1. The molecule has 1 aromatic carbocycles. The molecule has 4 nitrogen and oxygen atoms in total. The Labute approximate surface area is 111 Å². The first-order valence-corrected chi connectivity index (χ1v) is 6.42. The second-order valence-electron chi connectivity index (χ2n) is 4.63. The molecule has 2 rings (SSSR count). The summed E-state index contributed by atoms with van der Waals surface area (Å²) in [5.74, 6) is -1.00. The van der Waals surface area contributed by atoms with Crippen LogP contribution in [0.25, 0.3) is 0 Å². The molecule has 0 unspecified atom stereocenters. The molecule has 0 amide bonds. The molecule has 1 aliphatic rings. The summed E-state index contributed by atoms with van der Waals surface area (Å²) in [6.07, 6.45) is 0.687. The van der Waals surface area contributed by atoms with Gasteiger partial charge in [-0.25, -0.2) is 0 Å². The summed E-state index contributed by atoms with van der Waals surface area (Å²) in [5, 5.41) is 9.70. The molecule has 1 heterocycles. The fourth-order valence-corrected chi connectivity index (χ4v) is 2.68. The van der Waals surface area contributed by atoms with Gasteiger partial charge in [-0.1, -0.05) is 23.7 Å². The van der Waals surface area contributed by atoms with Gasteiger partial charge in [0, 0.05) is 24.2 Å². The number of likely N-dealkylation sites (tertiary alicyclic amines) is 1. The Hall–Kier alpha value is -1.10. The highest BCUT2D eigenvalue weighted by atomic mass is 35.5. The summed E-state index contributed by atoms with van der Waals surface area (Å²) in [6.45, 7) is 1.79. The largest absolute Gasteiger partial charge is 0.481 e. The van der Waals surface area contributed by atoms with Gasteiger partial charge in [0.1, 0.15) is 0 Å². The third kappa shape index (κ3) is 2.83. The van der Waals surface area contributed by atoms with Crippen LogP contribution in [0.15, 0.2) is 24.3 Å². The lowest BCUT2D eigenvalue weighted by atomic mass is 10.1. The number of nitrogens with two attached hydrogens (primary N) is 1. The van der Waals surface area contributed by atoms with E-state index < -0.39 is 5.97 Å². The smallest absolute Gasteiger partial charge is 0.307 e. The molecular formula is C13H17ClN2O2. The third-order valence-electron chi connectivity index (χ3n) is 3.47. The summed E-state index contributed by atoms with van der Waals surface area (Å²) in [7, 11) is 0. The van der Waals surface area contributed by atoms with Gasteiger partial charge < -0.3 is 10.8 Å². The highest BCUT2D eigenvalue weighted by Crippen LogP contribution is 2.28. The van der Waals surface area contributed by atoms with Crippen LogP contribution in [0, 0.1) is 5.92 Å². The summed E-state index contributed by atoms with van der Waals surface area (Å²) in [5.41, 5.74) is 6.88. The Morgan fingerprint density at radius 3 is 2.94 bits per heavy atom. The van der Waals surface area contributed by atoms with E-state index in [0.29, 0.717) is 24.5 Å². The number of carbonyl (C=O) groups is 1. The van der Waals surface area contributed by atoms with Gasteiger partial charge in [-0.2, -0.15) is 0 Å². The van der Waals surface area contributed by atoms with Crippen LogP contribution in [0.1, 0.15) is 18.0 Å². The van der Waals surface area contributed by atoms with Crippen molar-refractivity contribution >= 4 is 17.6 Å². The van der Waals surface area contributed by atoms with E-state index in [1.807, 2.05) is 24.3 Å². The number of rotatable bonds is 4. The maximum absolute atomic E-state index is 11.0. The van der Waals surface area contributed by atoms with Crippen LogP contribution >= 0.6 is 11.6 Å². The molecule has 0 bridgehead atoms. The van der Waals surface area contributed by atoms with Gasteiger partial charge in [-0.15, -0.1) is 0 Å². The number of hydrogen-bond acceptors (Lipinski definition) is 3. The van der Waals surface area contributed by atoms with E-state index in [4.69, 9.17) is 22.4 Å². The van der Waals surface area contributed by atoms with Crippen molar-refractivity contribution in [2.75, 3.05) is 19.6 Å². The molecular weight excluding hydrogens is 252 g/mol. The van der Waals surface area contributed by atoms with Crippen molar-refractivity contribution in [1.29, 1.82) is 0 Å². The number of carboxylic acid groups (broad SMARTS) is 1. The minimum Gasteiger partial charge on any atom is -0.481 e. The molecule has 2 atom stereocenters. The molecule has 3 N–H and O–H groups in total. The SMILES string of the molecule is NC[C@H](c1cccc(Cl)c1)N1CC[C@H](C(=O)O)C1. The second kappa shape index (κ2) is 5.69. The lowest BCUT2D eigenvalue weighted by Crippen LogP contribution is -2.32. The van der Waals surface area contributed by atoms with Crippen LogP contribution in [-0.2, 0) is 4.79 Å². The first-order chi connectivity index (χ1) is 8.61. The van der Waals surface area contributed by atoms with Crippen LogP contribution in [0.3, 0.4) is 0 Å². The molecule has 98 valence electrons. The normalized spacial score (nSPS) is 22.0. The molecule has 5 heteroatoms. The van der Waals surface area contributed by atoms with Gasteiger partial charge in [0.05, 0.1) is 5.92 Å². The first kappa shape index (κ1) is 13.3. The van der Waals surface area contributed by atoms with Crippen molar-refractivity contribution in [3.05, 3.63) is 34.9 Å². The lowest BCUT2D eigenvalue weighted by molar-refractivity contribution is -0.141. The zero-order chi connectivity index (χ0) is 13.1. The van der Waals surface area contributed by atoms with Gasteiger partial charge in [-0.3, -0.25) is 9.69 Å². The van der Waals surface area contributed by atoms with Crippen LogP contribution in [0.4, 0.5) is 0 Å². The van der Waals surface area contributed by atoms with Crippen LogP contribution in [0.2, 0.25) is 5.02 Å². The summed E-state index contributed by atoms with van der Waals surface area (Å²) in [6, 6.07) is 7.64. The molecule has 1 aliphatic heterocycles. The molecule has 18 heavy (non-hydrogen) atoms. The van der Waals surface area contributed by atoms with Gasteiger partial charge in [0.2, 0.25) is 0 Å². The number of halogens is 1. The minimum atomic E-state index is -0.723. The fourth-order valence-electron chi connectivity index (χ4n) is 2.48. The highest BCUT2D eigenvalue weighted by molar-refractivity contribution is 6.30. The van der Waals surface area contributed by atoms with Crippen molar-refractivity contribution in [2.45, 2.75) is 12.5 Å². The van der Waals surface area contributed by atoms with Gasteiger partial charge in [-0.05, 0) is 30.7 Å². The van der Waals surface area contributed by atoms with E-state index in [-0.39, 0.29) is 12.0 Å². The molecule has 0 spiro atoms. The first-order valence-electron chi connectivity index (χ1n) is 6.04. The quantitative estimate of drug-likeness (QED) is 0.873. The lowest BCUT2D eigenvalue weighted by Gasteiger charge is -2.27. The Balaban J connectivity index is 2.13. The summed E-state index contributed by atoms with van der Waals surface area (Å²) < 4.78 is 0. The minimum absolute atomic E-state index is 0.0491. The van der Waals surface area contributed by atoms with E-state index >= 15 is 0 Å². The summed E-state index contributed by atoms with van der Waals surface area (Å²) in [4.78, 5) is 13.1. The highest BCUT2D eigenvalue weighted by Gasteiger charge is 2.32. The van der Waals surface area contributed by atoms with E-state index in [1.54, 1.807) is 0 Å². The van der Waals surface area contributed by atoms with E-state index in [9.17, 15) is 4.79 Å². The van der Waals surface area contributed by atoms with Crippen LogP contribution < -0.4 is 5.73 Å². The fraction of sp³-hybridized carbons (Fsp3) is 0.462. The molecule has 1 saturated heterocycles. The third-order valence-corrected chi connectivity index (χ3v) is 3.70. The molecule has 1 aromatic rings. The maximum atomic E-state index is 11.0. The van der Waals surface area contributed by atoms with Gasteiger partial charge in [0.25, 0.3) is 0 Å². The Bertz CT molecular complexity index is 439. The average molecular weight is 269 g/mol. The summed E-state index contributed by atoms with van der Waals surface area (Å²) >= 11 is 5.98. The topological polar surface area (TPSA) is 66.6 Å². The van der Waals surface area contributed by atoms with Crippen molar-refractivity contribution in [1.82, 2.24) is 4.90 Å². The van der Waals surface area contributed by atoms with Crippen LogP contribution in [-0.4, -0.2) is 35.6 Å². The van der Waals surface area contributed by atoms with Crippen molar-refractivity contribution in [3.63, 3.8) is 0 Å². The standard InChI is InChI=1S/C13H17ClN2O2/c14-11-3-1-2-9(6-11)12(7-15)16-5-4-10(8-16)13(17)18/h1-3,6,10,12H,4-5,7-8,15H2,(H,17,18)/t10-,12+/m0/s1. The van der Waals surface area contributed by atoms with Gasteiger partial charge in [0.15, 0.2) is 0 Å². The monoisotopic (exact) mass is 268 g/mol. The second-order valence-corrected chi connectivity index (χ2v) is 5.06. The van der Waals surface area contributed by atoms with Crippen molar-refractivity contribution in [3.8, 4) is 0 Å².